The minimum absolute atomic E-state index is 0.201. The van der Waals surface area contributed by atoms with Crippen molar-refractivity contribution >= 4 is 46.4 Å². The Morgan fingerprint density at radius 2 is 1.89 bits per heavy atom. The van der Waals surface area contributed by atoms with E-state index in [1.807, 2.05) is 0 Å². The fourth-order valence-corrected chi connectivity index (χ4v) is 3.32. The maximum atomic E-state index is 12.7. The second-order valence-electron chi connectivity index (χ2n) is 5.54. The molecular weight excluding hydrogens is 413 g/mol. The Bertz CT molecular complexity index is 1000. The van der Waals surface area contributed by atoms with Crippen LogP contribution in [0.15, 0.2) is 46.9 Å². The topological polar surface area (TPSA) is 71.7 Å². The summed E-state index contributed by atoms with van der Waals surface area (Å²) in [6.07, 6.45) is 0. The number of furan rings is 1. The average molecular weight is 427 g/mol. The number of ether oxygens (including phenoxy) is 1. The van der Waals surface area contributed by atoms with Crippen LogP contribution in [0.1, 0.15) is 16.1 Å². The normalized spacial score (nSPS) is 10.7. The van der Waals surface area contributed by atoms with Gasteiger partial charge in [0.1, 0.15) is 23.9 Å². The summed E-state index contributed by atoms with van der Waals surface area (Å²) in [4.78, 5) is 12.7. The summed E-state index contributed by atoms with van der Waals surface area (Å²) in [6.45, 7) is -0.219. The van der Waals surface area contributed by atoms with Crippen molar-refractivity contribution in [3.8, 4) is 17.1 Å². The van der Waals surface area contributed by atoms with Crippen LogP contribution >= 0.6 is 34.8 Å². The van der Waals surface area contributed by atoms with Gasteiger partial charge in [-0.05, 0) is 42.5 Å². The number of aliphatic hydroxyl groups excluding tert-OH is 1. The zero-order chi connectivity index (χ0) is 19.6. The molecule has 0 bridgehead atoms. The summed E-state index contributed by atoms with van der Waals surface area (Å²) in [5.41, 5.74) is 1.26. The number of halogens is 3. The molecule has 0 saturated carbocycles. The molecule has 5 nitrogen and oxygen atoms in total. The Morgan fingerprint density at radius 3 is 2.56 bits per heavy atom. The second kappa shape index (κ2) is 8.23. The van der Waals surface area contributed by atoms with E-state index in [1.54, 1.807) is 30.3 Å². The van der Waals surface area contributed by atoms with Crippen molar-refractivity contribution in [2.24, 2.45) is 0 Å². The van der Waals surface area contributed by atoms with Crippen LogP contribution in [0.3, 0.4) is 0 Å². The molecule has 0 spiro atoms. The van der Waals surface area contributed by atoms with Gasteiger partial charge in [-0.15, -0.1) is 0 Å². The number of amides is 1. The molecule has 2 aromatic carbocycles. The van der Waals surface area contributed by atoms with Crippen molar-refractivity contribution in [3.05, 3.63) is 68.9 Å². The van der Waals surface area contributed by atoms with Crippen molar-refractivity contribution < 1.29 is 19.1 Å². The summed E-state index contributed by atoms with van der Waals surface area (Å²) in [5.74, 6) is 0.670. The van der Waals surface area contributed by atoms with Gasteiger partial charge in [0.05, 0.1) is 22.7 Å². The number of hydrogen-bond acceptors (Lipinski definition) is 4. The molecule has 1 amide bonds. The molecular formula is C19H14Cl3NO4. The number of hydrogen-bond donors (Lipinski definition) is 2. The molecule has 2 N–H and O–H groups in total. The van der Waals surface area contributed by atoms with Gasteiger partial charge in [-0.2, -0.15) is 0 Å². The lowest BCUT2D eigenvalue weighted by Gasteiger charge is -2.12. The molecule has 0 fully saturated rings. The third-order valence-electron chi connectivity index (χ3n) is 3.76. The smallest absolute Gasteiger partial charge is 0.259 e. The fraction of sp³-hybridized carbons (Fsp3) is 0.105. The summed E-state index contributed by atoms with van der Waals surface area (Å²) < 4.78 is 10.7. The Hall–Kier alpha value is -2.18. The molecule has 0 aliphatic heterocycles. The van der Waals surface area contributed by atoms with Crippen LogP contribution in [-0.4, -0.2) is 18.1 Å². The van der Waals surface area contributed by atoms with E-state index >= 15 is 0 Å². The number of carbonyl (C=O) groups excluding carboxylic acids is 1. The van der Waals surface area contributed by atoms with Crippen molar-refractivity contribution in [3.63, 3.8) is 0 Å². The van der Waals surface area contributed by atoms with Crippen LogP contribution in [0.5, 0.6) is 5.75 Å². The van der Waals surface area contributed by atoms with E-state index < -0.39 is 5.91 Å². The van der Waals surface area contributed by atoms with Gasteiger partial charge >= 0.3 is 0 Å². The number of carbonyl (C=O) groups is 1. The zero-order valence-electron chi connectivity index (χ0n) is 14.1. The predicted molar refractivity (Wildman–Crippen MR) is 106 cm³/mol. The molecule has 1 aromatic heterocycles. The quantitative estimate of drug-likeness (QED) is 0.552. The molecule has 0 atom stereocenters. The highest BCUT2D eigenvalue weighted by Gasteiger charge is 2.18. The van der Waals surface area contributed by atoms with Crippen molar-refractivity contribution in [2.45, 2.75) is 6.61 Å². The predicted octanol–water partition coefficient (Wildman–Crippen LogP) is 5.66. The van der Waals surface area contributed by atoms with Crippen molar-refractivity contribution in [1.82, 2.24) is 0 Å². The first-order chi connectivity index (χ1) is 12.9. The third kappa shape index (κ3) is 4.22. The minimum atomic E-state index is -0.444. The lowest BCUT2D eigenvalue weighted by atomic mass is 10.1. The highest BCUT2D eigenvalue weighted by molar-refractivity contribution is 6.36. The number of aliphatic hydroxyl groups is 1. The summed E-state index contributed by atoms with van der Waals surface area (Å²) >= 11 is 18.3. The largest absolute Gasteiger partial charge is 0.494 e. The summed E-state index contributed by atoms with van der Waals surface area (Å²) in [7, 11) is 1.42. The molecule has 0 radical (unpaired) electrons. The first-order valence-electron chi connectivity index (χ1n) is 7.76. The average Bonchev–Trinajstić information content (AvgIpc) is 3.11. The van der Waals surface area contributed by atoms with E-state index in [1.165, 1.54) is 19.2 Å². The standard InChI is InChI=1S/C19H14Cl3NO4/c1-26-18-14(6-10(20)7-16(18)22)19(25)23-11-2-4-15(21)13(8-11)17-5-3-12(9-24)27-17/h2-8,24H,9H2,1H3,(H,23,25). The van der Waals surface area contributed by atoms with Gasteiger partial charge < -0.3 is 19.6 Å². The summed E-state index contributed by atoms with van der Waals surface area (Å²) in [5, 5.41) is 12.9. The number of benzene rings is 2. The third-order valence-corrected chi connectivity index (χ3v) is 4.59. The monoisotopic (exact) mass is 425 g/mol. The van der Waals surface area contributed by atoms with Crippen LogP contribution in [0, 0.1) is 0 Å². The molecule has 0 unspecified atom stereocenters. The van der Waals surface area contributed by atoms with Crippen molar-refractivity contribution in [2.75, 3.05) is 12.4 Å². The number of rotatable bonds is 5. The van der Waals surface area contributed by atoms with Gasteiger partial charge in [0, 0.05) is 16.3 Å². The summed E-state index contributed by atoms with van der Waals surface area (Å²) in [6, 6.07) is 11.3. The minimum Gasteiger partial charge on any atom is -0.494 e. The molecule has 8 heteroatoms. The van der Waals surface area contributed by atoms with Crippen LogP contribution in [-0.2, 0) is 6.61 Å². The van der Waals surface area contributed by atoms with E-state index in [2.05, 4.69) is 5.32 Å². The maximum Gasteiger partial charge on any atom is 0.259 e. The molecule has 140 valence electrons. The van der Waals surface area contributed by atoms with Crippen LogP contribution in [0.2, 0.25) is 15.1 Å². The molecule has 3 rings (SSSR count). The SMILES string of the molecule is COc1c(Cl)cc(Cl)cc1C(=O)Nc1ccc(Cl)c(-c2ccc(CO)o2)c1. The second-order valence-corrected chi connectivity index (χ2v) is 6.79. The number of nitrogens with one attached hydrogen (secondary N) is 1. The lowest BCUT2D eigenvalue weighted by molar-refractivity contribution is 0.102. The van der Waals surface area contributed by atoms with E-state index in [-0.39, 0.29) is 22.9 Å². The van der Waals surface area contributed by atoms with Gasteiger partial charge in [-0.3, -0.25) is 4.79 Å². The molecule has 0 aliphatic rings. The van der Waals surface area contributed by atoms with Gasteiger partial charge in [0.15, 0.2) is 0 Å². The zero-order valence-corrected chi connectivity index (χ0v) is 16.3. The maximum absolute atomic E-state index is 12.7. The first kappa shape index (κ1) is 19.6. The van der Waals surface area contributed by atoms with Gasteiger partial charge in [0.25, 0.3) is 5.91 Å². The Balaban J connectivity index is 1.92. The lowest BCUT2D eigenvalue weighted by Crippen LogP contribution is -2.13. The van der Waals surface area contributed by atoms with Crippen molar-refractivity contribution in [1.29, 1.82) is 0 Å². The molecule has 1 heterocycles. The first-order valence-corrected chi connectivity index (χ1v) is 8.90. The molecule has 27 heavy (non-hydrogen) atoms. The Labute approximate surface area is 170 Å². The van der Waals surface area contributed by atoms with Crippen LogP contribution < -0.4 is 10.1 Å². The molecule has 0 saturated heterocycles. The molecule has 3 aromatic rings. The van der Waals surface area contributed by atoms with E-state index in [0.29, 0.717) is 32.8 Å². The van der Waals surface area contributed by atoms with Gasteiger partial charge in [-0.1, -0.05) is 34.8 Å². The number of methoxy groups -OCH3 is 1. The van der Waals surface area contributed by atoms with E-state index in [0.717, 1.165) is 0 Å². The van der Waals surface area contributed by atoms with Gasteiger partial charge in [-0.25, -0.2) is 0 Å². The fourth-order valence-electron chi connectivity index (χ4n) is 2.53. The van der Waals surface area contributed by atoms with Gasteiger partial charge in [0.2, 0.25) is 0 Å². The highest BCUT2D eigenvalue weighted by atomic mass is 35.5. The molecule has 0 aliphatic carbocycles. The van der Waals surface area contributed by atoms with E-state index in [9.17, 15) is 4.79 Å². The van der Waals surface area contributed by atoms with Crippen LogP contribution in [0.25, 0.3) is 11.3 Å². The Kier molecular flexibility index (Phi) is 5.97. The van der Waals surface area contributed by atoms with Crippen LogP contribution in [0.4, 0.5) is 5.69 Å². The van der Waals surface area contributed by atoms with E-state index in [4.69, 9.17) is 49.1 Å². The Morgan fingerprint density at radius 1 is 1.11 bits per heavy atom. The number of anilines is 1. The highest BCUT2D eigenvalue weighted by Crippen LogP contribution is 2.34.